The minimum Gasteiger partial charge on any atom is -0.497 e. The summed E-state index contributed by atoms with van der Waals surface area (Å²) in [5.41, 5.74) is 4.17. The highest BCUT2D eigenvalue weighted by Crippen LogP contribution is 2.45. The third-order valence-corrected chi connectivity index (χ3v) is 8.25. The molecule has 2 aliphatic rings. The van der Waals surface area contributed by atoms with E-state index in [2.05, 4.69) is 10.3 Å². The number of hydrogen-bond donors (Lipinski definition) is 2. The Labute approximate surface area is 246 Å². The Kier molecular flexibility index (Phi) is 6.42. The predicted octanol–water partition coefficient (Wildman–Crippen LogP) is 5.73. The van der Waals surface area contributed by atoms with E-state index in [1.807, 2.05) is 48.5 Å². The van der Waals surface area contributed by atoms with Crippen molar-refractivity contribution in [3.05, 3.63) is 131 Å². The molecular formula is C34H27FN4O4. The van der Waals surface area contributed by atoms with Crippen LogP contribution in [0, 0.1) is 5.82 Å². The molecular weight excluding hydrogens is 547 g/mol. The van der Waals surface area contributed by atoms with Crippen LogP contribution in [0.4, 0.5) is 14.9 Å². The van der Waals surface area contributed by atoms with Gasteiger partial charge < -0.3 is 15.0 Å². The standard InChI is InChI=1S/C34H27FN4O4/c1-43-22-11-8-10-20(17-22)31-30-25(23-12-3-6-15-27(23)37-30)18-29-33(41)39(34(42)38(29)31)28-16-7-4-13-24(28)32(40)36-19-21-9-2-5-14-26(21)35/h2-17,29,31,37H,18-19H2,1H3,(H,36,40)/t29-,31?/m0/s1. The molecule has 3 heterocycles. The summed E-state index contributed by atoms with van der Waals surface area (Å²) in [5.74, 6) is -0.741. The summed E-state index contributed by atoms with van der Waals surface area (Å²) in [6, 6.07) is 26.1. The number of ether oxygens (including phenoxy) is 1. The van der Waals surface area contributed by atoms with Crippen molar-refractivity contribution in [2.75, 3.05) is 12.0 Å². The van der Waals surface area contributed by atoms with E-state index in [4.69, 9.17) is 4.74 Å². The van der Waals surface area contributed by atoms with Crippen LogP contribution in [-0.2, 0) is 17.8 Å². The van der Waals surface area contributed by atoms with E-state index in [1.54, 1.807) is 54.5 Å². The number of aromatic amines is 1. The van der Waals surface area contributed by atoms with E-state index in [1.165, 1.54) is 6.07 Å². The van der Waals surface area contributed by atoms with Gasteiger partial charge in [-0.05, 0) is 47.5 Å². The first-order valence-electron chi connectivity index (χ1n) is 14.0. The molecule has 0 spiro atoms. The SMILES string of the molecule is COc1cccc(C2c3[nH]c4ccccc4c3C[C@H]3C(=O)N(c4ccccc4C(=O)NCc4ccccc4F)C(=O)N23)c1. The quantitative estimate of drug-likeness (QED) is 0.253. The molecule has 1 fully saturated rings. The van der Waals surface area contributed by atoms with Gasteiger partial charge in [0.1, 0.15) is 23.7 Å². The molecule has 4 amide bonds. The van der Waals surface area contributed by atoms with E-state index in [9.17, 15) is 18.8 Å². The second-order valence-electron chi connectivity index (χ2n) is 10.6. The number of fused-ring (bicyclic) bond motifs is 4. The van der Waals surface area contributed by atoms with Gasteiger partial charge in [0, 0.05) is 35.1 Å². The number of halogens is 1. The van der Waals surface area contributed by atoms with Crippen molar-refractivity contribution in [1.82, 2.24) is 15.2 Å². The first-order chi connectivity index (χ1) is 21.0. The van der Waals surface area contributed by atoms with Crippen molar-refractivity contribution in [2.45, 2.75) is 25.0 Å². The topological polar surface area (TPSA) is 94.7 Å². The lowest BCUT2D eigenvalue weighted by Gasteiger charge is -2.36. The van der Waals surface area contributed by atoms with E-state index in [0.717, 1.165) is 32.6 Å². The molecule has 7 rings (SSSR count). The zero-order valence-electron chi connectivity index (χ0n) is 23.2. The third kappa shape index (κ3) is 4.32. The molecule has 2 aliphatic heterocycles. The Balaban J connectivity index is 1.29. The maximum absolute atomic E-state index is 14.3. The fraction of sp³-hybridized carbons (Fsp3) is 0.147. The second-order valence-corrected chi connectivity index (χ2v) is 10.6. The normalized spacial score (nSPS) is 17.6. The summed E-state index contributed by atoms with van der Waals surface area (Å²) in [6.07, 6.45) is 0.322. The number of nitrogens with one attached hydrogen (secondary N) is 2. The highest BCUT2D eigenvalue weighted by atomic mass is 19.1. The number of hydrogen-bond acceptors (Lipinski definition) is 4. The number of nitrogens with zero attached hydrogens (tertiary/aromatic N) is 2. The number of carbonyl (C=O) groups excluding carboxylic acids is 3. The average Bonchev–Trinajstić information content (AvgIpc) is 3.53. The molecule has 5 aromatic rings. The van der Waals surface area contributed by atoms with Crippen LogP contribution < -0.4 is 15.0 Å². The predicted molar refractivity (Wildman–Crippen MR) is 159 cm³/mol. The van der Waals surface area contributed by atoms with E-state index >= 15 is 0 Å². The van der Waals surface area contributed by atoms with Gasteiger partial charge in [-0.3, -0.25) is 14.5 Å². The van der Waals surface area contributed by atoms with Crippen LogP contribution in [-0.4, -0.2) is 40.9 Å². The Morgan fingerprint density at radius 2 is 1.74 bits per heavy atom. The molecule has 214 valence electrons. The number of para-hydroxylation sites is 2. The summed E-state index contributed by atoms with van der Waals surface area (Å²) in [5, 5.41) is 3.73. The summed E-state index contributed by atoms with van der Waals surface area (Å²) in [7, 11) is 1.58. The zero-order chi connectivity index (χ0) is 29.7. The van der Waals surface area contributed by atoms with Gasteiger partial charge in [-0.1, -0.05) is 60.7 Å². The van der Waals surface area contributed by atoms with Crippen LogP contribution >= 0.6 is 0 Å². The minimum absolute atomic E-state index is 0.0455. The molecule has 1 unspecified atom stereocenters. The smallest absolute Gasteiger partial charge is 0.332 e. The summed E-state index contributed by atoms with van der Waals surface area (Å²) in [6.45, 7) is -0.0455. The number of imide groups is 1. The molecule has 2 N–H and O–H groups in total. The fourth-order valence-electron chi connectivity index (χ4n) is 6.23. The zero-order valence-corrected chi connectivity index (χ0v) is 23.2. The lowest BCUT2D eigenvalue weighted by atomic mass is 9.89. The van der Waals surface area contributed by atoms with Gasteiger partial charge >= 0.3 is 6.03 Å². The highest BCUT2D eigenvalue weighted by molar-refractivity contribution is 6.24. The molecule has 9 heteroatoms. The number of carbonyl (C=O) groups is 3. The number of rotatable bonds is 6. The van der Waals surface area contributed by atoms with Crippen LogP contribution in [0.25, 0.3) is 10.9 Å². The van der Waals surface area contributed by atoms with E-state index in [0.29, 0.717) is 17.7 Å². The first kappa shape index (κ1) is 26.5. The average molecular weight is 575 g/mol. The highest BCUT2D eigenvalue weighted by Gasteiger charge is 2.53. The van der Waals surface area contributed by atoms with Crippen molar-refractivity contribution in [2.24, 2.45) is 0 Å². The van der Waals surface area contributed by atoms with Crippen LogP contribution in [0.2, 0.25) is 0 Å². The van der Waals surface area contributed by atoms with Gasteiger partial charge in [-0.15, -0.1) is 0 Å². The fourth-order valence-corrected chi connectivity index (χ4v) is 6.23. The van der Waals surface area contributed by atoms with Crippen molar-refractivity contribution >= 4 is 34.4 Å². The van der Waals surface area contributed by atoms with Gasteiger partial charge in [0.25, 0.3) is 11.8 Å². The maximum atomic E-state index is 14.3. The van der Waals surface area contributed by atoms with Gasteiger partial charge in [-0.2, -0.15) is 0 Å². The van der Waals surface area contributed by atoms with Crippen LogP contribution in [0.3, 0.4) is 0 Å². The van der Waals surface area contributed by atoms with Gasteiger partial charge in [0.05, 0.1) is 18.4 Å². The Bertz CT molecular complexity index is 1920. The summed E-state index contributed by atoms with van der Waals surface area (Å²) >= 11 is 0. The van der Waals surface area contributed by atoms with Crippen LogP contribution in [0.5, 0.6) is 5.75 Å². The summed E-state index contributed by atoms with van der Waals surface area (Å²) < 4.78 is 19.7. The number of urea groups is 1. The number of benzene rings is 4. The Morgan fingerprint density at radius 1 is 0.977 bits per heavy atom. The molecule has 2 atom stereocenters. The number of H-pyrrole nitrogens is 1. The molecule has 1 saturated heterocycles. The molecule has 0 radical (unpaired) electrons. The molecule has 0 bridgehead atoms. The number of amides is 4. The maximum Gasteiger partial charge on any atom is 0.332 e. The van der Waals surface area contributed by atoms with Crippen molar-refractivity contribution < 1.29 is 23.5 Å². The molecule has 0 saturated carbocycles. The number of aromatic nitrogens is 1. The van der Waals surface area contributed by atoms with Crippen LogP contribution in [0.15, 0.2) is 97.1 Å². The first-order valence-corrected chi connectivity index (χ1v) is 14.0. The third-order valence-electron chi connectivity index (χ3n) is 8.25. The van der Waals surface area contributed by atoms with Gasteiger partial charge in [0.2, 0.25) is 0 Å². The second kappa shape index (κ2) is 10.4. The van der Waals surface area contributed by atoms with E-state index in [-0.39, 0.29) is 17.8 Å². The van der Waals surface area contributed by atoms with Crippen molar-refractivity contribution in [3.63, 3.8) is 0 Å². The van der Waals surface area contributed by atoms with Crippen LogP contribution in [0.1, 0.15) is 38.8 Å². The summed E-state index contributed by atoms with van der Waals surface area (Å²) in [4.78, 5) is 48.1. The monoisotopic (exact) mass is 574 g/mol. The number of methoxy groups -OCH3 is 1. The Hall–Kier alpha value is -5.44. The molecule has 0 aliphatic carbocycles. The molecule has 1 aromatic heterocycles. The van der Waals surface area contributed by atoms with Crippen molar-refractivity contribution in [3.8, 4) is 5.75 Å². The van der Waals surface area contributed by atoms with Gasteiger partial charge in [0.15, 0.2) is 0 Å². The molecule has 4 aromatic carbocycles. The Morgan fingerprint density at radius 3 is 2.58 bits per heavy atom. The lowest BCUT2D eigenvalue weighted by molar-refractivity contribution is -0.120. The largest absolute Gasteiger partial charge is 0.497 e. The number of anilines is 1. The van der Waals surface area contributed by atoms with Gasteiger partial charge in [-0.25, -0.2) is 14.1 Å². The van der Waals surface area contributed by atoms with E-state index < -0.39 is 35.7 Å². The van der Waals surface area contributed by atoms with Crippen molar-refractivity contribution in [1.29, 1.82) is 0 Å². The minimum atomic E-state index is -0.787. The lowest BCUT2D eigenvalue weighted by Crippen LogP contribution is -2.44. The molecule has 43 heavy (non-hydrogen) atoms. The molecule has 8 nitrogen and oxygen atoms in total.